The molecule has 0 saturated heterocycles. The number of nitrogens with one attached hydrogen (secondary N) is 1. The smallest absolute Gasteiger partial charge is 0.251 e. The van der Waals surface area contributed by atoms with Crippen molar-refractivity contribution in [1.82, 2.24) is 5.32 Å². The molecule has 0 bridgehead atoms. The van der Waals surface area contributed by atoms with Crippen molar-refractivity contribution in [3.63, 3.8) is 0 Å². The van der Waals surface area contributed by atoms with Gasteiger partial charge in [-0.05, 0) is 42.8 Å². The Morgan fingerprint density at radius 3 is 2.48 bits per heavy atom. The van der Waals surface area contributed by atoms with Crippen LogP contribution in [0.25, 0.3) is 0 Å². The summed E-state index contributed by atoms with van der Waals surface area (Å²) in [5.41, 5.74) is 1.37. The van der Waals surface area contributed by atoms with Gasteiger partial charge in [0.1, 0.15) is 11.5 Å². The van der Waals surface area contributed by atoms with Gasteiger partial charge in [-0.1, -0.05) is 23.7 Å². The lowest BCUT2D eigenvalue weighted by Crippen LogP contribution is -2.26. The van der Waals surface area contributed by atoms with Crippen LogP contribution in [0.15, 0.2) is 42.5 Å². The number of amides is 1. The Bertz CT molecular complexity index is 640. The predicted molar refractivity (Wildman–Crippen MR) is 82.0 cm³/mol. The van der Waals surface area contributed by atoms with Gasteiger partial charge in [0, 0.05) is 5.56 Å². The third kappa shape index (κ3) is 3.67. The number of aromatic hydroxyl groups is 1. The molecule has 0 heterocycles. The normalized spacial score (nSPS) is 11.8. The van der Waals surface area contributed by atoms with E-state index >= 15 is 0 Å². The Balaban J connectivity index is 2.08. The number of phenols is 1. The number of hydrogen-bond acceptors (Lipinski definition) is 3. The summed E-state index contributed by atoms with van der Waals surface area (Å²) in [6, 6.07) is 11.7. The first-order valence-corrected chi connectivity index (χ1v) is 6.82. The number of ether oxygens (including phenoxy) is 1. The maximum Gasteiger partial charge on any atom is 0.251 e. The van der Waals surface area contributed by atoms with E-state index in [0.29, 0.717) is 5.56 Å². The average Bonchev–Trinajstić information content (AvgIpc) is 2.50. The van der Waals surface area contributed by atoms with Gasteiger partial charge in [-0.2, -0.15) is 0 Å². The summed E-state index contributed by atoms with van der Waals surface area (Å²) in [5.74, 6) is 0.472. The molecule has 0 spiro atoms. The van der Waals surface area contributed by atoms with Gasteiger partial charge in [-0.15, -0.1) is 0 Å². The molecular weight excluding hydrogens is 290 g/mol. The van der Waals surface area contributed by atoms with Crippen molar-refractivity contribution in [2.75, 3.05) is 7.11 Å². The maximum atomic E-state index is 12.1. The second-order valence-electron chi connectivity index (χ2n) is 4.63. The SMILES string of the molecule is COc1ccc(C(C)NC(=O)c2ccc(O)c(Cl)c2)cc1. The van der Waals surface area contributed by atoms with Gasteiger partial charge in [0.25, 0.3) is 5.91 Å². The van der Waals surface area contributed by atoms with Crippen LogP contribution in [0.3, 0.4) is 0 Å². The average molecular weight is 306 g/mol. The lowest BCUT2D eigenvalue weighted by molar-refractivity contribution is 0.0940. The first kappa shape index (κ1) is 15.2. The highest BCUT2D eigenvalue weighted by molar-refractivity contribution is 6.32. The van der Waals surface area contributed by atoms with E-state index in [-0.39, 0.29) is 22.7 Å². The molecule has 0 aliphatic rings. The van der Waals surface area contributed by atoms with E-state index in [4.69, 9.17) is 16.3 Å². The molecule has 1 amide bonds. The second-order valence-corrected chi connectivity index (χ2v) is 5.04. The van der Waals surface area contributed by atoms with Gasteiger partial charge in [0.2, 0.25) is 0 Å². The molecule has 2 aromatic rings. The summed E-state index contributed by atoms with van der Waals surface area (Å²) in [5, 5.41) is 12.4. The lowest BCUT2D eigenvalue weighted by Gasteiger charge is -2.15. The molecule has 110 valence electrons. The first-order valence-electron chi connectivity index (χ1n) is 6.44. The molecule has 2 N–H and O–H groups in total. The summed E-state index contributed by atoms with van der Waals surface area (Å²) < 4.78 is 5.10. The maximum absolute atomic E-state index is 12.1. The molecule has 5 heteroatoms. The molecule has 0 fully saturated rings. The van der Waals surface area contributed by atoms with E-state index in [1.54, 1.807) is 7.11 Å². The van der Waals surface area contributed by atoms with E-state index in [9.17, 15) is 9.90 Å². The number of benzene rings is 2. The van der Waals surface area contributed by atoms with Gasteiger partial charge < -0.3 is 15.2 Å². The summed E-state index contributed by atoms with van der Waals surface area (Å²) in [6.45, 7) is 1.89. The minimum atomic E-state index is -0.250. The third-order valence-electron chi connectivity index (χ3n) is 3.17. The van der Waals surface area contributed by atoms with Crippen LogP contribution in [0.2, 0.25) is 5.02 Å². The van der Waals surface area contributed by atoms with Crippen molar-refractivity contribution in [3.05, 3.63) is 58.6 Å². The Hall–Kier alpha value is -2.20. The molecule has 0 saturated carbocycles. The first-order chi connectivity index (χ1) is 10.0. The zero-order valence-electron chi connectivity index (χ0n) is 11.8. The van der Waals surface area contributed by atoms with Crippen LogP contribution in [0.4, 0.5) is 0 Å². The fraction of sp³-hybridized carbons (Fsp3) is 0.188. The summed E-state index contributed by atoms with van der Waals surface area (Å²) in [4.78, 5) is 12.1. The highest BCUT2D eigenvalue weighted by atomic mass is 35.5. The molecule has 1 atom stereocenters. The summed E-state index contributed by atoms with van der Waals surface area (Å²) in [6.07, 6.45) is 0. The number of carbonyl (C=O) groups excluding carboxylic acids is 1. The largest absolute Gasteiger partial charge is 0.506 e. The Morgan fingerprint density at radius 2 is 1.90 bits per heavy atom. The Morgan fingerprint density at radius 1 is 1.24 bits per heavy atom. The summed E-state index contributed by atoms with van der Waals surface area (Å²) in [7, 11) is 1.61. The van der Waals surface area contributed by atoms with E-state index < -0.39 is 0 Å². The molecule has 4 nitrogen and oxygen atoms in total. The van der Waals surface area contributed by atoms with E-state index in [1.807, 2.05) is 31.2 Å². The van der Waals surface area contributed by atoms with Crippen molar-refractivity contribution in [2.24, 2.45) is 0 Å². The van der Waals surface area contributed by atoms with Crippen molar-refractivity contribution in [1.29, 1.82) is 0 Å². The molecule has 0 aromatic heterocycles. The van der Waals surface area contributed by atoms with Crippen LogP contribution in [-0.4, -0.2) is 18.1 Å². The van der Waals surface area contributed by atoms with E-state index in [1.165, 1.54) is 18.2 Å². The fourth-order valence-corrected chi connectivity index (χ4v) is 2.08. The molecule has 2 rings (SSSR count). The van der Waals surface area contributed by atoms with E-state index in [2.05, 4.69) is 5.32 Å². The number of phenolic OH excluding ortho intramolecular Hbond substituents is 1. The van der Waals surface area contributed by atoms with Crippen LogP contribution in [0, 0.1) is 0 Å². The number of halogens is 1. The fourth-order valence-electron chi connectivity index (χ4n) is 1.90. The number of hydrogen-bond donors (Lipinski definition) is 2. The topological polar surface area (TPSA) is 58.6 Å². The van der Waals surface area contributed by atoms with Gasteiger partial charge in [0.05, 0.1) is 18.2 Å². The molecular formula is C16H16ClNO3. The quantitative estimate of drug-likeness (QED) is 0.908. The van der Waals surface area contributed by atoms with Crippen molar-refractivity contribution in [3.8, 4) is 11.5 Å². The molecule has 0 aliphatic heterocycles. The van der Waals surface area contributed by atoms with Crippen LogP contribution in [-0.2, 0) is 0 Å². The van der Waals surface area contributed by atoms with Crippen molar-refractivity contribution in [2.45, 2.75) is 13.0 Å². The standard InChI is InChI=1S/C16H16ClNO3/c1-10(11-3-6-13(21-2)7-4-11)18-16(20)12-5-8-15(19)14(17)9-12/h3-10,19H,1-2H3,(H,18,20). The monoisotopic (exact) mass is 305 g/mol. The summed E-state index contributed by atoms with van der Waals surface area (Å²) >= 11 is 5.80. The Labute approximate surface area is 128 Å². The third-order valence-corrected chi connectivity index (χ3v) is 3.48. The Kier molecular flexibility index (Phi) is 4.70. The number of carbonyl (C=O) groups is 1. The molecule has 2 aromatic carbocycles. The number of rotatable bonds is 4. The predicted octanol–water partition coefficient (Wildman–Crippen LogP) is 3.55. The molecule has 21 heavy (non-hydrogen) atoms. The van der Waals surface area contributed by atoms with Gasteiger partial charge in [0.15, 0.2) is 0 Å². The van der Waals surface area contributed by atoms with Gasteiger partial charge >= 0.3 is 0 Å². The second kappa shape index (κ2) is 6.50. The molecule has 1 unspecified atom stereocenters. The van der Waals surface area contributed by atoms with Crippen molar-refractivity contribution >= 4 is 17.5 Å². The van der Waals surface area contributed by atoms with Gasteiger partial charge in [-0.25, -0.2) is 0 Å². The molecule has 0 radical (unpaired) electrons. The number of methoxy groups -OCH3 is 1. The molecule has 0 aliphatic carbocycles. The van der Waals surface area contributed by atoms with Crippen LogP contribution >= 0.6 is 11.6 Å². The lowest BCUT2D eigenvalue weighted by atomic mass is 10.1. The highest BCUT2D eigenvalue weighted by Gasteiger charge is 2.12. The van der Waals surface area contributed by atoms with Crippen LogP contribution in [0.1, 0.15) is 28.9 Å². The van der Waals surface area contributed by atoms with E-state index in [0.717, 1.165) is 11.3 Å². The minimum absolute atomic E-state index is 0.0450. The zero-order chi connectivity index (χ0) is 15.4. The zero-order valence-corrected chi connectivity index (χ0v) is 12.5. The van der Waals surface area contributed by atoms with Crippen LogP contribution in [0.5, 0.6) is 11.5 Å². The highest BCUT2D eigenvalue weighted by Crippen LogP contribution is 2.24. The van der Waals surface area contributed by atoms with Crippen LogP contribution < -0.4 is 10.1 Å². The van der Waals surface area contributed by atoms with Crippen molar-refractivity contribution < 1.29 is 14.6 Å². The van der Waals surface area contributed by atoms with Gasteiger partial charge in [-0.3, -0.25) is 4.79 Å². The minimum Gasteiger partial charge on any atom is -0.506 e.